The Balaban J connectivity index is 1.63. The first-order chi connectivity index (χ1) is 12.2. The van der Waals surface area contributed by atoms with Crippen LogP contribution < -0.4 is 5.32 Å². The fourth-order valence-electron chi connectivity index (χ4n) is 3.31. The minimum atomic E-state index is 0.0143. The topological polar surface area (TPSA) is 48.4 Å². The van der Waals surface area contributed by atoms with Gasteiger partial charge in [-0.1, -0.05) is 12.1 Å². The first-order valence-electron chi connectivity index (χ1n) is 8.25. The van der Waals surface area contributed by atoms with Gasteiger partial charge >= 0.3 is 0 Å². The Hall–Kier alpha value is -2.02. The molecule has 1 atom stereocenters. The lowest BCUT2D eigenvalue weighted by atomic mass is 10.0. The van der Waals surface area contributed by atoms with Crippen LogP contribution in [0, 0.1) is 6.92 Å². The van der Waals surface area contributed by atoms with E-state index in [-0.39, 0.29) is 12.6 Å². The first-order valence-corrected chi connectivity index (χ1v) is 9.53. The summed E-state index contributed by atoms with van der Waals surface area (Å²) in [5, 5.41) is 18.2. The highest BCUT2D eigenvalue weighted by atomic mass is 32.1. The van der Waals surface area contributed by atoms with Crippen LogP contribution in [0.3, 0.4) is 0 Å². The lowest BCUT2D eigenvalue weighted by molar-refractivity contribution is 0.169. The number of rotatable bonds is 2. The van der Waals surface area contributed by atoms with Crippen molar-refractivity contribution < 1.29 is 5.11 Å². The molecule has 0 saturated carbocycles. The first kappa shape index (κ1) is 16.4. The Morgan fingerprint density at radius 1 is 1.44 bits per heavy atom. The summed E-state index contributed by atoms with van der Waals surface area (Å²) in [4.78, 5) is 7.78. The summed E-state index contributed by atoms with van der Waals surface area (Å²) in [5.74, 6) is 0. The molecule has 3 heterocycles. The molecule has 25 heavy (non-hydrogen) atoms. The molecule has 0 fully saturated rings. The highest BCUT2D eigenvalue weighted by Crippen LogP contribution is 2.29. The number of anilines is 1. The van der Waals surface area contributed by atoms with Gasteiger partial charge in [0.15, 0.2) is 5.11 Å². The number of aromatic nitrogens is 1. The van der Waals surface area contributed by atoms with E-state index in [1.165, 1.54) is 10.4 Å². The molecule has 0 amide bonds. The van der Waals surface area contributed by atoms with Gasteiger partial charge in [-0.25, -0.2) is 0 Å². The van der Waals surface area contributed by atoms with Gasteiger partial charge in [-0.2, -0.15) is 0 Å². The third-order valence-electron chi connectivity index (χ3n) is 4.66. The molecule has 4 nitrogen and oxygen atoms in total. The van der Waals surface area contributed by atoms with Gasteiger partial charge in [0, 0.05) is 33.2 Å². The molecular weight excluding hydrogens is 350 g/mol. The molecule has 0 spiro atoms. The molecule has 4 rings (SSSR count). The molecule has 128 valence electrons. The quantitative estimate of drug-likeness (QED) is 0.674. The van der Waals surface area contributed by atoms with Gasteiger partial charge in [-0.15, -0.1) is 11.3 Å². The van der Waals surface area contributed by atoms with E-state index in [0.29, 0.717) is 5.11 Å². The normalized spacial score (nSPS) is 16.7. The van der Waals surface area contributed by atoms with Crippen LogP contribution in [0.15, 0.2) is 41.9 Å². The predicted molar refractivity (Wildman–Crippen MR) is 107 cm³/mol. The smallest absolute Gasteiger partial charge is 0.174 e. The maximum Gasteiger partial charge on any atom is 0.174 e. The van der Waals surface area contributed by atoms with Crippen LogP contribution in [0.25, 0.3) is 10.8 Å². The summed E-state index contributed by atoms with van der Waals surface area (Å²) in [7, 11) is 0. The number of thiophene rings is 1. The highest BCUT2D eigenvalue weighted by molar-refractivity contribution is 7.80. The fourth-order valence-corrected chi connectivity index (χ4v) is 4.54. The molecular formula is C19H19N3OS2. The van der Waals surface area contributed by atoms with Crippen molar-refractivity contribution in [3.8, 4) is 0 Å². The average molecular weight is 370 g/mol. The van der Waals surface area contributed by atoms with Crippen molar-refractivity contribution in [3.63, 3.8) is 0 Å². The lowest BCUT2D eigenvalue weighted by Crippen LogP contribution is -2.47. The molecule has 1 aromatic carbocycles. The van der Waals surface area contributed by atoms with Crippen LogP contribution >= 0.6 is 23.6 Å². The summed E-state index contributed by atoms with van der Waals surface area (Å²) in [5.41, 5.74) is 3.28. The van der Waals surface area contributed by atoms with Crippen molar-refractivity contribution in [2.24, 2.45) is 0 Å². The number of hydrogen-bond donors (Lipinski definition) is 2. The van der Waals surface area contributed by atoms with E-state index in [9.17, 15) is 5.11 Å². The molecule has 6 heteroatoms. The molecule has 0 saturated heterocycles. The van der Waals surface area contributed by atoms with Crippen molar-refractivity contribution >= 4 is 45.1 Å². The Morgan fingerprint density at radius 2 is 2.32 bits per heavy atom. The monoisotopic (exact) mass is 369 g/mol. The van der Waals surface area contributed by atoms with E-state index < -0.39 is 0 Å². The van der Waals surface area contributed by atoms with Crippen molar-refractivity contribution in [1.82, 2.24) is 9.88 Å². The summed E-state index contributed by atoms with van der Waals surface area (Å²) in [6, 6.07) is 10.3. The minimum absolute atomic E-state index is 0.0143. The van der Waals surface area contributed by atoms with Crippen molar-refractivity contribution in [1.29, 1.82) is 0 Å². The van der Waals surface area contributed by atoms with Crippen LogP contribution in [0.4, 0.5) is 5.69 Å². The van der Waals surface area contributed by atoms with E-state index in [1.807, 2.05) is 31.3 Å². The van der Waals surface area contributed by atoms with Gasteiger partial charge in [0.05, 0.1) is 19.2 Å². The molecule has 3 aromatic rings. The third kappa shape index (κ3) is 3.13. The molecule has 2 N–H and O–H groups in total. The average Bonchev–Trinajstić information content (AvgIpc) is 3.08. The van der Waals surface area contributed by atoms with Gasteiger partial charge in [0.2, 0.25) is 0 Å². The number of thiocarbonyl (C=S) groups is 1. The number of hydrogen-bond acceptors (Lipinski definition) is 4. The number of pyridine rings is 1. The van der Waals surface area contributed by atoms with Crippen LogP contribution in [0.1, 0.15) is 16.1 Å². The second-order valence-electron chi connectivity index (χ2n) is 6.32. The molecule has 1 unspecified atom stereocenters. The van der Waals surface area contributed by atoms with Crippen molar-refractivity contribution in [2.75, 3.05) is 11.9 Å². The van der Waals surface area contributed by atoms with Crippen LogP contribution in [-0.2, 0) is 13.0 Å². The second-order valence-corrected chi connectivity index (χ2v) is 7.71. The number of nitrogens with zero attached hydrogens (tertiary/aromatic N) is 2. The minimum Gasteiger partial charge on any atom is -0.394 e. The molecule has 0 radical (unpaired) electrons. The predicted octanol–water partition coefficient (Wildman–Crippen LogP) is 3.72. The Kier molecular flexibility index (Phi) is 4.41. The van der Waals surface area contributed by atoms with Gasteiger partial charge in [0.1, 0.15) is 0 Å². The Labute approximate surface area is 156 Å². The van der Waals surface area contributed by atoms with E-state index >= 15 is 0 Å². The number of fused-ring (bicyclic) bond motifs is 2. The van der Waals surface area contributed by atoms with Gasteiger partial charge in [-0.3, -0.25) is 4.98 Å². The number of benzene rings is 1. The zero-order valence-electron chi connectivity index (χ0n) is 13.9. The van der Waals surface area contributed by atoms with Crippen molar-refractivity contribution in [3.05, 3.63) is 58.0 Å². The molecule has 0 bridgehead atoms. The van der Waals surface area contributed by atoms with Crippen molar-refractivity contribution in [2.45, 2.75) is 25.9 Å². The number of nitrogens with one attached hydrogen (secondary N) is 1. The fraction of sp³-hybridized carbons (Fsp3) is 0.263. The third-order valence-corrected chi connectivity index (χ3v) is 5.95. The highest BCUT2D eigenvalue weighted by Gasteiger charge is 2.28. The standard InChI is InChI=1S/C19H19N3OS2/c1-12-7-16-14(9-20-12)3-2-4-17(16)21-19(24)22-10-18-13(5-6-25-18)8-15(22)11-23/h2-7,9,15,23H,8,10-11H2,1H3,(H,21,24). The number of aliphatic hydroxyl groups is 1. The molecule has 0 aliphatic carbocycles. The van der Waals surface area contributed by atoms with E-state index in [1.54, 1.807) is 11.3 Å². The molecule has 1 aliphatic heterocycles. The number of aryl methyl sites for hydroxylation is 1. The largest absolute Gasteiger partial charge is 0.394 e. The van der Waals surface area contributed by atoms with Gasteiger partial charge in [0.25, 0.3) is 0 Å². The second kappa shape index (κ2) is 6.71. The van der Waals surface area contributed by atoms with Crippen LogP contribution in [-0.4, -0.2) is 32.8 Å². The zero-order valence-corrected chi connectivity index (χ0v) is 15.5. The van der Waals surface area contributed by atoms with E-state index in [2.05, 4.69) is 32.7 Å². The maximum atomic E-state index is 9.81. The molecule has 1 aliphatic rings. The summed E-state index contributed by atoms with van der Waals surface area (Å²) < 4.78 is 0. The summed E-state index contributed by atoms with van der Waals surface area (Å²) in [6.07, 6.45) is 2.71. The van der Waals surface area contributed by atoms with E-state index in [0.717, 1.165) is 35.1 Å². The zero-order chi connectivity index (χ0) is 17.4. The van der Waals surface area contributed by atoms with Gasteiger partial charge < -0.3 is 15.3 Å². The molecule has 2 aromatic heterocycles. The number of aliphatic hydroxyl groups excluding tert-OH is 1. The lowest BCUT2D eigenvalue weighted by Gasteiger charge is -2.36. The Morgan fingerprint density at radius 3 is 3.16 bits per heavy atom. The Bertz CT molecular complexity index is 937. The SMILES string of the molecule is Cc1cc2c(NC(=S)N3Cc4sccc4CC3CO)cccc2cn1. The summed E-state index contributed by atoms with van der Waals surface area (Å²) in [6.45, 7) is 2.82. The van der Waals surface area contributed by atoms with Gasteiger partial charge in [-0.05, 0) is 54.7 Å². The summed E-state index contributed by atoms with van der Waals surface area (Å²) >= 11 is 7.44. The van der Waals surface area contributed by atoms with E-state index in [4.69, 9.17) is 12.2 Å². The van der Waals surface area contributed by atoms with Crippen LogP contribution in [0.2, 0.25) is 0 Å². The maximum absolute atomic E-state index is 9.81. The van der Waals surface area contributed by atoms with Crippen LogP contribution in [0.5, 0.6) is 0 Å².